The van der Waals surface area contributed by atoms with E-state index in [1.165, 1.54) is 6.26 Å². The molecule has 4 nitrogen and oxygen atoms in total. The van der Waals surface area contributed by atoms with E-state index >= 15 is 0 Å². The van der Waals surface area contributed by atoms with Gasteiger partial charge in [0.1, 0.15) is 5.75 Å². The Balaban J connectivity index is 2.66. The van der Waals surface area contributed by atoms with Crippen molar-refractivity contribution in [1.82, 2.24) is 4.57 Å². The number of aromatic nitrogens is 1. The number of fused-ring (bicyclic) bond motifs is 1. The third kappa shape index (κ3) is 2.21. The quantitative estimate of drug-likeness (QED) is 0.625. The third-order valence-corrected chi connectivity index (χ3v) is 3.16. The second kappa shape index (κ2) is 5.18. The van der Waals surface area contributed by atoms with Crippen molar-refractivity contribution < 1.29 is 14.3 Å². The van der Waals surface area contributed by atoms with Crippen molar-refractivity contribution in [1.29, 1.82) is 0 Å². The first-order chi connectivity index (χ1) is 9.10. The van der Waals surface area contributed by atoms with Crippen LogP contribution in [0.1, 0.15) is 23.0 Å². The number of rotatable bonds is 4. The molecule has 1 aromatic carbocycles. The molecule has 0 unspecified atom stereocenters. The molecular formula is C15H17NO3. The number of esters is 1. The fourth-order valence-electron chi connectivity index (χ4n) is 2.18. The zero-order chi connectivity index (χ0) is 14.0. The molecule has 0 aliphatic heterocycles. The van der Waals surface area contributed by atoms with Crippen molar-refractivity contribution >= 4 is 16.9 Å². The molecule has 0 amide bonds. The Bertz CT molecular complexity index is 640. The lowest BCUT2D eigenvalue weighted by molar-refractivity contribution is 0.0527. The molecular weight excluding hydrogens is 242 g/mol. The van der Waals surface area contributed by atoms with Crippen molar-refractivity contribution in [3.8, 4) is 5.75 Å². The van der Waals surface area contributed by atoms with Gasteiger partial charge in [0.25, 0.3) is 0 Å². The van der Waals surface area contributed by atoms with Crippen LogP contribution in [0.15, 0.2) is 31.0 Å². The summed E-state index contributed by atoms with van der Waals surface area (Å²) >= 11 is 0. The van der Waals surface area contributed by atoms with Gasteiger partial charge in [-0.25, -0.2) is 4.79 Å². The minimum absolute atomic E-state index is 0.304. The summed E-state index contributed by atoms with van der Waals surface area (Å²) in [6.45, 7) is 7.58. The van der Waals surface area contributed by atoms with Gasteiger partial charge in [-0.15, -0.1) is 0 Å². The zero-order valence-corrected chi connectivity index (χ0v) is 11.4. The molecule has 4 heteroatoms. The highest BCUT2D eigenvalue weighted by Gasteiger charge is 2.19. The maximum atomic E-state index is 12.1. The van der Waals surface area contributed by atoms with Gasteiger partial charge in [-0.05, 0) is 32.0 Å². The molecule has 0 N–H and O–H groups in total. The van der Waals surface area contributed by atoms with Crippen molar-refractivity contribution in [2.75, 3.05) is 6.61 Å². The summed E-state index contributed by atoms with van der Waals surface area (Å²) in [6, 6.07) is 5.60. The van der Waals surface area contributed by atoms with Crippen LogP contribution < -0.4 is 4.74 Å². The smallest absolute Gasteiger partial charge is 0.340 e. The van der Waals surface area contributed by atoms with Gasteiger partial charge in [0, 0.05) is 23.6 Å². The Morgan fingerprint density at radius 2 is 2.21 bits per heavy atom. The van der Waals surface area contributed by atoms with E-state index in [-0.39, 0.29) is 5.97 Å². The standard InChI is InChI=1S/C15H17NO3/c1-5-18-11-7-8-13-12(9-11)14(10(3)16(13)4)15(17)19-6-2/h5,7-9H,1,6H2,2-4H3. The summed E-state index contributed by atoms with van der Waals surface area (Å²) in [7, 11) is 1.93. The number of nitrogens with zero attached hydrogens (tertiary/aromatic N) is 1. The number of hydrogen-bond donors (Lipinski definition) is 0. The first kappa shape index (κ1) is 13.2. The van der Waals surface area contributed by atoms with Crippen LogP contribution in [0, 0.1) is 6.92 Å². The van der Waals surface area contributed by atoms with Gasteiger partial charge in [-0.3, -0.25) is 0 Å². The molecule has 2 rings (SSSR count). The summed E-state index contributed by atoms with van der Waals surface area (Å²) in [5, 5.41) is 0.831. The van der Waals surface area contributed by atoms with Crippen molar-refractivity contribution in [3.05, 3.63) is 42.3 Å². The number of carbonyl (C=O) groups is 1. The molecule has 0 bridgehead atoms. The van der Waals surface area contributed by atoms with Crippen LogP contribution >= 0.6 is 0 Å². The average molecular weight is 259 g/mol. The molecule has 1 heterocycles. The number of ether oxygens (including phenoxy) is 2. The molecule has 0 fully saturated rings. The van der Waals surface area contributed by atoms with Gasteiger partial charge in [0.2, 0.25) is 0 Å². The van der Waals surface area contributed by atoms with Crippen molar-refractivity contribution in [3.63, 3.8) is 0 Å². The molecule has 0 spiro atoms. The van der Waals surface area contributed by atoms with E-state index in [4.69, 9.17) is 9.47 Å². The van der Waals surface area contributed by atoms with Crippen molar-refractivity contribution in [2.45, 2.75) is 13.8 Å². The van der Waals surface area contributed by atoms with Gasteiger partial charge in [0.15, 0.2) is 0 Å². The number of aryl methyl sites for hydroxylation is 1. The van der Waals surface area contributed by atoms with Crippen LogP contribution in [0.25, 0.3) is 10.9 Å². The average Bonchev–Trinajstić information content (AvgIpc) is 2.62. The molecule has 2 aromatic rings. The second-order valence-electron chi connectivity index (χ2n) is 4.20. The van der Waals surface area contributed by atoms with Crippen LogP contribution in [0.4, 0.5) is 0 Å². The molecule has 0 aliphatic rings. The molecule has 100 valence electrons. The lowest BCUT2D eigenvalue weighted by atomic mass is 10.1. The van der Waals surface area contributed by atoms with E-state index in [0.29, 0.717) is 17.9 Å². The van der Waals surface area contributed by atoms with E-state index in [2.05, 4.69) is 6.58 Å². The minimum atomic E-state index is -0.304. The highest BCUT2D eigenvalue weighted by Crippen LogP contribution is 2.29. The molecule has 0 saturated carbocycles. The minimum Gasteiger partial charge on any atom is -0.466 e. The van der Waals surface area contributed by atoms with Gasteiger partial charge in [-0.1, -0.05) is 6.58 Å². The number of benzene rings is 1. The monoisotopic (exact) mass is 259 g/mol. The molecule has 0 atom stereocenters. The Hall–Kier alpha value is -2.23. The lowest BCUT2D eigenvalue weighted by Gasteiger charge is -2.03. The van der Waals surface area contributed by atoms with Gasteiger partial charge < -0.3 is 14.0 Å². The zero-order valence-electron chi connectivity index (χ0n) is 11.4. The Morgan fingerprint density at radius 1 is 1.47 bits per heavy atom. The van der Waals surface area contributed by atoms with E-state index < -0.39 is 0 Å². The molecule has 0 aliphatic carbocycles. The number of carbonyl (C=O) groups excluding carboxylic acids is 1. The molecule has 1 aromatic heterocycles. The van der Waals surface area contributed by atoms with Gasteiger partial charge in [-0.2, -0.15) is 0 Å². The van der Waals surface area contributed by atoms with E-state index in [1.807, 2.05) is 36.7 Å². The Labute approximate surface area is 112 Å². The SMILES string of the molecule is C=COc1ccc2c(c1)c(C(=O)OCC)c(C)n2C. The van der Waals surface area contributed by atoms with Crippen LogP contribution in [0.3, 0.4) is 0 Å². The van der Waals surface area contributed by atoms with Crippen molar-refractivity contribution in [2.24, 2.45) is 7.05 Å². The lowest BCUT2D eigenvalue weighted by Crippen LogP contribution is -2.06. The summed E-state index contributed by atoms with van der Waals surface area (Å²) in [5.74, 6) is 0.347. The molecule has 0 saturated heterocycles. The Morgan fingerprint density at radius 3 is 2.84 bits per heavy atom. The predicted octanol–water partition coefficient (Wildman–Crippen LogP) is 3.19. The van der Waals surface area contributed by atoms with Crippen LogP contribution in [-0.4, -0.2) is 17.1 Å². The summed E-state index contributed by atoms with van der Waals surface area (Å²) < 4.78 is 12.3. The van der Waals surface area contributed by atoms with E-state index in [0.717, 1.165) is 16.6 Å². The number of hydrogen-bond acceptors (Lipinski definition) is 3. The van der Waals surface area contributed by atoms with Gasteiger partial charge >= 0.3 is 5.97 Å². The van der Waals surface area contributed by atoms with E-state index in [9.17, 15) is 4.79 Å². The second-order valence-corrected chi connectivity index (χ2v) is 4.20. The summed E-state index contributed by atoms with van der Waals surface area (Å²) in [5.41, 5.74) is 2.44. The van der Waals surface area contributed by atoms with Crippen LogP contribution in [-0.2, 0) is 11.8 Å². The van der Waals surface area contributed by atoms with Gasteiger partial charge in [0.05, 0.1) is 18.4 Å². The third-order valence-electron chi connectivity index (χ3n) is 3.16. The maximum absolute atomic E-state index is 12.1. The maximum Gasteiger partial charge on any atom is 0.340 e. The first-order valence-corrected chi connectivity index (χ1v) is 6.13. The normalized spacial score (nSPS) is 10.5. The molecule has 0 radical (unpaired) electrons. The molecule has 19 heavy (non-hydrogen) atoms. The highest BCUT2D eigenvalue weighted by atomic mass is 16.5. The summed E-state index contributed by atoms with van der Waals surface area (Å²) in [6.07, 6.45) is 1.36. The highest BCUT2D eigenvalue weighted by molar-refractivity contribution is 6.06. The Kier molecular flexibility index (Phi) is 3.60. The van der Waals surface area contributed by atoms with Crippen LogP contribution in [0.2, 0.25) is 0 Å². The van der Waals surface area contributed by atoms with E-state index in [1.54, 1.807) is 6.92 Å². The predicted molar refractivity (Wildman–Crippen MR) is 74.4 cm³/mol. The topological polar surface area (TPSA) is 40.5 Å². The fraction of sp³-hybridized carbons (Fsp3) is 0.267. The first-order valence-electron chi connectivity index (χ1n) is 6.13. The fourth-order valence-corrected chi connectivity index (χ4v) is 2.18. The van der Waals surface area contributed by atoms with Crippen LogP contribution in [0.5, 0.6) is 5.75 Å². The largest absolute Gasteiger partial charge is 0.466 e. The summed E-state index contributed by atoms with van der Waals surface area (Å²) in [4.78, 5) is 12.1.